The van der Waals surface area contributed by atoms with Crippen LogP contribution in [0.4, 0.5) is 14.5 Å². The molecule has 2 heterocycles. The van der Waals surface area contributed by atoms with Crippen LogP contribution in [-0.4, -0.2) is 40.9 Å². The molecule has 1 fully saturated rings. The zero-order valence-electron chi connectivity index (χ0n) is 15.2. The van der Waals surface area contributed by atoms with E-state index in [9.17, 15) is 18.4 Å². The minimum absolute atomic E-state index is 0.0620. The van der Waals surface area contributed by atoms with Crippen LogP contribution in [0.25, 0.3) is 10.9 Å². The second-order valence-electron chi connectivity index (χ2n) is 6.82. The van der Waals surface area contributed by atoms with Gasteiger partial charge in [0.2, 0.25) is 0 Å². The van der Waals surface area contributed by atoms with Crippen molar-refractivity contribution in [3.63, 3.8) is 0 Å². The van der Waals surface area contributed by atoms with Crippen LogP contribution < -0.4 is 16.0 Å². The summed E-state index contributed by atoms with van der Waals surface area (Å²) < 4.78 is 26.4. The summed E-state index contributed by atoms with van der Waals surface area (Å²) in [5, 5.41) is 3.54. The molecule has 1 unspecified atom stereocenters. The average Bonchev–Trinajstić information content (AvgIpc) is 3.17. The Bertz CT molecular complexity index is 1120. The molecular formula is C20H17F2N5O2. The van der Waals surface area contributed by atoms with E-state index in [1.54, 1.807) is 18.3 Å². The molecule has 0 aliphatic carbocycles. The number of halogens is 2. The van der Waals surface area contributed by atoms with E-state index in [0.29, 0.717) is 36.0 Å². The fourth-order valence-corrected chi connectivity index (χ4v) is 3.54. The molecule has 0 radical (unpaired) electrons. The maximum atomic E-state index is 13.4. The first-order valence-electron chi connectivity index (χ1n) is 8.97. The molecule has 0 spiro atoms. The molecule has 2 amide bonds. The number of amides is 2. The third-order valence-corrected chi connectivity index (χ3v) is 4.96. The predicted octanol–water partition coefficient (Wildman–Crippen LogP) is 2.02. The Morgan fingerprint density at radius 2 is 2.00 bits per heavy atom. The van der Waals surface area contributed by atoms with Crippen molar-refractivity contribution >= 4 is 28.4 Å². The van der Waals surface area contributed by atoms with Gasteiger partial charge in [-0.1, -0.05) is 0 Å². The number of primary amides is 1. The highest BCUT2D eigenvalue weighted by Crippen LogP contribution is 2.30. The van der Waals surface area contributed by atoms with Crippen LogP contribution in [0.2, 0.25) is 0 Å². The average molecular weight is 397 g/mol. The van der Waals surface area contributed by atoms with Crippen LogP contribution in [0.1, 0.15) is 27.1 Å². The van der Waals surface area contributed by atoms with Crippen LogP contribution in [0.15, 0.2) is 42.9 Å². The van der Waals surface area contributed by atoms with E-state index in [1.165, 1.54) is 12.4 Å². The number of carbonyl (C=O) groups is 2. The molecule has 0 saturated carbocycles. The van der Waals surface area contributed by atoms with Crippen LogP contribution in [0.5, 0.6) is 0 Å². The molecule has 2 aromatic carbocycles. The first-order chi connectivity index (χ1) is 13.9. The largest absolute Gasteiger partial charge is 0.369 e. The summed E-state index contributed by atoms with van der Waals surface area (Å²) in [4.78, 5) is 34.3. The Labute approximate surface area is 164 Å². The lowest BCUT2D eigenvalue weighted by molar-refractivity contribution is 0.0938. The fraction of sp³-hybridized carbons (Fsp3) is 0.200. The minimum atomic E-state index is -1.06. The topological polar surface area (TPSA) is 101 Å². The number of hydrogen-bond donors (Lipinski definition) is 2. The number of nitrogens with one attached hydrogen (secondary N) is 1. The van der Waals surface area contributed by atoms with Gasteiger partial charge in [-0.15, -0.1) is 0 Å². The molecule has 1 saturated heterocycles. The van der Waals surface area contributed by atoms with E-state index in [1.807, 2.05) is 4.90 Å². The van der Waals surface area contributed by atoms with Gasteiger partial charge in [0.1, 0.15) is 6.33 Å². The molecule has 1 aromatic heterocycles. The highest BCUT2D eigenvalue weighted by molar-refractivity contribution is 6.08. The number of carbonyl (C=O) groups excluding carboxylic acids is 2. The highest BCUT2D eigenvalue weighted by atomic mass is 19.2. The van der Waals surface area contributed by atoms with Gasteiger partial charge in [-0.3, -0.25) is 9.59 Å². The molecule has 3 N–H and O–H groups in total. The summed E-state index contributed by atoms with van der Waals surface area (Å²) in [7, 11) is 0. The third kappa shape index (κ3) is 3.58. The molecule has 9 heteroatoms. The van der Waals surface area contributed by atoms with Crippen molar-refractivity contribution < 1.29 is 18.4 Å². The maximum absolute atomic E-state index is 13.4. The van der Waals surface area contributed by atoms with Crippen molar-refractivity contribution in [3.05, 3.63) is 65.6 Å². The number of nitrogens with two attached hydrogens (primary N) is 1. The Balaban J connectivity index is 1.53. The second kappa shape index (κ2) is 7.42. The van der Waals surface area contributed by atoms with Crippen molar-refractivity contribution in [2.24, 2.45) is 5.73 Å². The zero-order chi connectivity index (χ0) is 20.5. The number of fused-ring (bicyclic) bond motifs is 1. The van der Waals surface area contributed by atoms with Gasteiger partial charge >= 0.3 is 0 Å². The van der Waals surface area contributed by atoms with Crippen molar-refractivity contribution in [2.75, 3.05) is 18.0 Å². The van der Waals surface area contributed by atoms with Crippen LogP contribution in [-0.2, 0) is 0 Å². The SMILES string of the molecule is NC(=O)c1ccc(N2CCC(NC(=O)c3ccc(F)c(F)c3)C2)c2cncnc12. The molecule has 1 aliphatic heterocycles. The van der Waals surface area contributed by atoms with Gasteiger partial charge in [-0.2, -0.15) is 0 Å². The van der Waals surface area contributed by atoms with Crippen molar-refractivity contribution in [3.8, 4) is 0 Å². The standard InChI is InChI=1S/C20H17F2N5O2/c21-15-3-1-11(7-16(15)22)20(29)26-12-5-6-27(9-12)17-4-2-13(19(23)28)18-14(17)8-24-10-25-18/h1-4,7-8,10,12H,5-6,9H2,(H2,23,28)(H,26,29). The first-order valence-corrected chi connectivity index (χ1v) is 8.97. The van der Waals surface area contributed by atoms with Crippen LogP contribution in [0, 0.1) is 11.6 Å². The van der Waals surface area contributed by atoms with Crippen molar-refractivity contribution in [1.29, 1.82) is 0 Å². The lowest BCUT2D eigenvalue weighted by Gasteiger charge is -2.21. The Morgan fingerprint density at radius 3 is 2.76 bits per heavy atom. The normalized spacial score (nSPS) is 16.2. The molecule has 3 aromatic rings. The van der Waals surface area contributed by atoms with Crippen LogP contribution >= 0.6 is 0 Å². The molecule has 1 aliphatic rings. The number of hydrogen-bond acceptors (Lipinski definition) is 5. The van der Waals surface area contributed by atoms with E-state index >= 15 is 0 Å². The second-order valence-corrected chi connectivity index (χ2v) is 6.82. The first kappa shape index (κ1) is 18.7. The van der Waals surface area contributed by atoms with Gasteiger partial charge in [0.25, 0.3) is 11.8 Å². The summed E-state index contributed by atoms with van der Waals surface area (Å²) in [5.74, 6) is -3.10. The number of aromatic nitrogens is 2. The molecule has 7 nitrogen and oxygen atoms in total. The van der Waals surface area contributed by atoms with Gasteiger partial charge in [0, 0.05) is 42.0 Å². The molecule has 0 bridgehead atoms. The van der Waals surface area contributed by atoms with Crippen LogP contribution in [0.3, 0.4) is 0 Å². The van der Waals surface area contributed by atoms with Gasteiger partial charge in [-0.05, 0) is 36.8 Å². The van der Waals surface area contributed by atoms with E-state index in [-0.39, 0.29) is 11.6 Å². The Kier molecular flexibility index (Phi) is 4.79. The summed E-state index contributed by atoms with van der Waals surface area (Å²) >= 11 is 0. The molecule has 148 valence electrons. The summed E-state index contributed by atoms with van der Waals surface area (Å²) in [5.41, 5.74) is 7.10. The van der Waals surface area contributed by atoms with E-state index in [4.69, 9.17) is 5.73 Å². The van der Waals surface area contributed by atoms with Gasteiger partial charge in [0.15, 0.2) is 11.6 Å². The van der Waals surface area contributed by atoms with E-state index in [0.717, 1.165) is 17.8 Å². The number of rotatable bonds is 4. The Morgan fingerprint density at radius 1 is 1.17 bits per heavy atom. The molecular weight excluding hydrogens is 380 g/mol. The quantitative estimate of drug-likeness (QED) is 0.701. The monoisotopic (exact) mass is 397 g/mol. The minimum Gasteiger partial charge on any atom is -0.369 e. The van der Waals surface area contributed by atoms with Crippen molar-refractivity contribution in [2.45, 2.75) is 12.5 Å². The van der Waals surface area contributed by atoms with E-state index < -0.39 is 23.4 Å². The lowest BCUT2D eigenvalue weighted by atomic mass is 10.1. The zero-order valence-corrected chi connectivity index (χ0v) is 15.2. The summed E-state index contributed by atoms with van der Waals surface area (Å²) in [6.45, 7) is 1.16. The van der Waals surface area contributed by atoms with Gasteiger partial charge < -0.3 is 16.0 Å². The Hall–Kier alpha value is -3.62. The maximum Gasteiger partial charge on any atom is 0.251 e. The third-order valence-electron chi connectivity index (χ3n) is 4.96. The molecule has 1 atom stereocenters. The number of nitrogens with zero attached hydrogens (tertiary/aromatic N) is 3. The smallest absolute Gasteiger partial charge is 0.251 e. The lowest BCUT2D eigenvalue weighted by Crippen LogP contribution is -2.37. The van der Waals surface area contributed by atoms with Crippen molar-refractivity contribution in [1.82, 2.24) is 15.3 Å². The highest BCUT2D eigenvalue weighted by Gasteiger charge is 2.26. The predicted molar refractivity (Wildman–Crippen MR) is 102 cm³/mol. The van der Waals surface area contributed by atoms with Gasteiger partial charge in [0.05, 0.1) is 11.1 Å². The number of benzene rings is 2. The van der Waals surface area contributed by atoms with Gasteiger partial charge in [-0.25, -0.2) is 18.7 Å². The molecule has 29 heavy (non-hydrogen) atoms. The van der Waals surface area contributed by atoms with E-state index in [2.05, 4.69) is 15.3 Å². The fourth-order valence-electron chi connectivity index (χ4n) is 3.54. The number of anilines is 1. The summed E-state index contributed by atoms with van der Waals surface area (Å²) in [6.07, 6.45) is 3.65. The molecule has 4 rings (SSSR count). The summed E-state index contributed by atoms with van der Waals surface area (Å²) in [6, 6.07) is 6.29.